The molecule has 38 heavy (non-hydrogen) atoms. The van der Waals surface area contributed by atoms with Crippen LogP contribution in [0.4, 0.5) is 10.8 Å². The van der Waals surface area contributed by atoms with E-state index in [2.05, 4.69) is 10.2 Å². The van der Waals surface area contributed by atoms with Gasteiger partial charge in [-0.2, -0.15) is 0 Å². The zero-order valence-electron chi connectivity index (χ0n) is 21.2. The Labute approximate surface area is 228 Å². The lowest BCUT2D eigenvalue weighted by Crippen LogP contribution is -2.53. The van der Waals surface area contributed by atoms with Crippen LogP contribution in [0.3, 0.4) is 0 Å². The van der Waals surface area contributed by atoms with E-state index < -0.39 is 6.04 Å². The summed E-state index contributed by atoms with van der Waals surface area (Å²) >= 11 is 3.16. The minimum Gasteiger partial charge on any atom is -0.493 e. The first-order chi connectivity index (χ1) is 18.4. The van der Waals surface area contributed by atoms with E-state index in [0.717, 1.165) is 20.2 Å². The third-order valence-electron chi connectivity index (χ3n) is 6.46. The summed E-state index contributed by atoms with van der Waals surface area (Å²) in [7, 11) is 3.12. The smallest absolute Gasteiger partial charge is 0.255 e. The molecule has 1 aliphatic rings. The van der Waals surface area contributed by atoms with Crippen LogP contribution in [0.1, 0.15) is 15.2 Å². The molecule has 1 saturated heterocycles. The third-order valence-corrected chi connectivity index (χ3v) is 8.44. The summed E-state index contributed by atoms with van der Waals surface area (Å²) in [6, 6.07) is 14.2. The van der Waals surface area contributed by atoms with Gasteiger partial charge in [-0.25, -0.2) is 4.98 Å². The molecule has 2 aromatic heterocycles. The van der Waals surface area contributed by atoms with Gasteiger partial charge in [-0.1, -0.05) is 17.4 Å². The quantitative estimate of drug-likeness (QED) is 0.342. The number of carbonyl (C=O) groups excluding carboxylic acids is 2. The number of fused-ring (bicyclic) bond motifs is 1. The minimum atomic E-state index is -0.522. The number of methoxy groups -OCH3 is 2. The minimum absolute atomic E-state index is 0.00696. The molecular formula is C27H29N5O4S2. The number of hydrogen-bond donors (Lipinski definition) is 2. The number of hydrogen-bond acceptors (Lipinski definition) is 9. The van der Waals surface area contributed by atoms with Gasteiger partial charge in [0.1, 0.15) is 0 Å². The van der Waals surface area contributed by atoms with E-state index in [4.69, 9.17) is 20.2 Å². The van der Waals surface area contributed by atoms with Gasteiger partial charge in [0.25, 0.3) is 5.91 Å². The molecule has 3 heterocycles. The van der Waals surface area contributed by atoms with E-state index >= 15 is 0 Å². The van der Waals surface area contributed by atoms with E-state index in [-0.39, 0.29) is 11.8 Å². The summed E-state index contributed by atoms with van der Waals surface area (Å²) in [4.78, 5) is 35.7. The van der Waals surface area contributed by atoms with E-state index in [0.29, 0.717) is 55.3 Å². The number of thiazole rings is 1. The van der Waals surface area contributed by atoms with Gasteiger partial charge in [-0.05, 0) is 41.8 Å². The van der Waals surface area contributed by atoms with E-state index in [1.165, 1.54) is 0 Å². The average Bonchev–Trinajstić information content (AvgIpc) is 3.62. The van der Waals surface area contributed by atoms with E-state index in [1.807, 2.05) is 34.5 Å². The van der Waals surface area contributed by atoms with Gasteiger partial charge in [0.2, 0.25) is 5.91 Å². The van der Waals surface area contributed by atoms with Gasteiger partial charge >= 0.3 is 0 Å². The zero-order chi connectivity index (χ0) is 26.6. The molecule has 1 fully saturated rings. The van der Waals surface area contributed by atoms with Gasteiger partial charge < -0.3 is 30.3 Å². The fourth-order valence-corrected chi connectivity index (χ4v) is 6.21. The molecular weight excluding hydrogens is 522 g/mol. The molecule has 2 aromatic carbocycles. The number of benzene rings is 2. The van der Waals surface area contributed by atoms with Crippen molar-refractivity contribution in [3.8, 4) is 11.5 Å². The maximum Gasteiger partial charge on any atom is 0.255 e. The van der Waals surface area contributed by atoms with Crippen molar-refractivity contribution in [3.63, 3.8) is 0 Å². The topological polar surface area (TPSA) is 110 Å². The van der Waals surface area contributed by atoms with Crippen LogP contribution in [0.25, 0.3) is 10.2 Å². The van der Waals surface area contributed by atoms with Crippen molar-refractivity contribution in [1.82, 2.24) is 9.88 Å². The number of piperazine rings is 1. The Morgan fingerprint density at radius 2 is 1.84 bits per heavy atom. The number of nitrogens with two attached hydrogens (primary N) is 1. The second kappa shape index (κ2) is 11.4. The van der Waals surface area contributed by atoms with Crippen LogP contribution in [-0.4, -0.2) is 68.1 Å². The summed E-state index contributed by atoms with van der Waals surface area (Å²) in [5, 5.41) is 5.79. The van der Waals surface area contributed by atoms with Gasteiger partial charge in [-0.3, -0.25) is 9.59 Å². The number of thiophene rings is 1. The van der Waals surface area contributed by atoms with Crippen LogP contribution < -0.4 is 25.4 Å². The van der Waals surface area contributed by atoms with E-state index in [1.54, 1.807) is 61.2 Å². The zero-order valence-corrected chi connectivity index (χ0v) is 22.8. The maximum atomic E-state index is 12.9. The number of ether oxygens (including phenoxy) is 2. The van der Waals surface area contributed by atoms with Crippen molar-refractivity contribution in [1.29, 1.82) is 0 Å². The lowest BCUT2D eigenvalue weighted by atomic mass is 10.1. The fourth-order valence-electron chi connectivity index (χ4n) is 4.39. The Kier molecular flexibility index (Phi) is 7.77. The Balaban J connectivity index is 1.21. The number of aromatic nitrogens is 1. The Morgan fingerprint density at radius 3 is 2.55 bits per heavy atom. The lowest BCUT2D eigenvalue weighted by Gasteiger charge is -2.35. The molecule has 0 aliphatic carbocycles. The molecule has 0 saturated carbocycles. The molecule has 5 rings (SSSR count). The summed E-state index contributed by atoms with van der Waals surface area (Å²) in [6.45, 7) is 2.58. The van der Waals surface area contributed by atoms with Crippen molar-refractivity contribution in [2.75, 3.05) is 50.6 Å². The standard InChI is InChI=1S/C27H29N5O4S2/c1-35-22-8-6-18(15-23(22)36-2)29-25(33)17-5-7-21-24(14-17)38-27(30-21)32-11-9-31(10-12-32)26(34)20(28)16-19-4-3-13-37-19/h3-8,13-15,20H,9-12,16,28H2,1-2H3,(H,29,33). The molecule has 1 atom stereocenters. The molecule has 198 valence electrons. The number of nitrogens with one attached hydrogen (secondary N) is 1. The first-order valence-corrected chi connectivity index (χ1v) is 13.9. The van der Waals surface area contributed by atoms with Gasteiger partial charge in [0.15, 0.2) is 16.6 Å². The summed E-state index contributed by atoms with van der Waals surface area (Å²) in [5.41, 5.74) is 8.19. The fraction of sp³-hybridized carbons (Fsp3) is 0.296. The Bertz CT molecular complexity index is 1430. The summed E-state index contributed by atoms with van der Waals surface area (Å²) < 4.78 is 11.5. The normalized spacial score (nSPS) is 14.4. The van der Waals surface area contributed by atoms with Crippen molar-refractivity contribution < 1.29 is 19.1 Å². The Hall–Kier alpha value is -3.67. The van der Waals surface area contributed by atoms with Gasteiger partial charge in [0, 0.05) is 54.8 Å². The largest absolute Gasteiger partial charge is 0.493 e. The van der Waals surface area contributed by atoms with Crippen LogP contribution in [0.2, 0.25) is 0 Å². The highest BCUT2D eigenvalue weighted by Gasteiger charge is 2.27. The van der Waals surface area contributed by atoms with Crippen molar-refractivity contribution in [2.45, 2.75) is 12.5 Å². The van der Waals surface area contributed by atoms with Crippen LogP contribution in [0.5, 0.6) is 11.5 Å². The van der Waals surface area contributed by atoms with Crippen molar-refractivity contribution >= 4 is 55.5 Å². The monoisotopic (exact) mass is 551 g/mol. The SMILES string of the molecule is COc1ccc(NC(=O)c2ccc3nc(N4CCN(C(=O)C(N)Cc5cccs5)CC4)sc3c2)cc1OC. The van der Waals surface area contributed by atoms with Crippen molar-refractivity contribution in [2.24, 2.45) is 5.73 Å². The predicted molar refractivity (Wildman–Crippen MR) is 152 cm³/mol. The molecule has 3 N–H and O–H groups in total. The van der Waals surface area contributed by atoms with Crippen LogP contribution in [0, 0.1) is 0 Å². The summed E-state index contributed by atoms with van der Waals surface area (Å²) in [5.74, 6) is 0.905. The van der Waals surface area contributed by atoms with Crippen molar-refractivity contribution in [3.05, 3.63) is 64.4 Å². The third kappa shape index (κ3) is 5.59. The van der Waals surface area contributed by atoms with Crippen LogP contribution in [-0.2, 0) is 11.2 Å². The molecule has 1 aliphatic heterocycles. The number of amides is 2. The second-order valence-corrected chi connectivity index (χ2v) is 10.9. The summed E-state index contributed by atoms with van der Waals surface area (Å²) in [6.07, 6.45) is 0.566. The van der Waals surface area contributed by atoms with Crippen LogP contribution >= 0.6 is 22.7 Å². The molecule has 9 nitrogen and oxygen atoms in total. The second-order valence-electron chi connectivity index (χ2n) is 8.91. The highest BCUT2D eigenvalue weighted by Crippen LogP contribution is 2.32. The molecule has 4 aromatic rings. The molecule has 0 spiro atoms. The molecule has 11 heteroatoms. The number of carbonyl (C=O) groups is 2. The highest BCUT2D eigenvalue weighted by atomic mass is 32.1. The number of nitrogens with zero attached hydrogens (tertiary/aromatic N) is 3. The highest BCUT2D eigenvalue weighted by molar-refractivity contribution is 7.22. The molecule has 2 amide bonds. The van der Waals surface area contributed by atoms with Gasteiger partial charge in [-0.15, -0.1) is 11.3 Å². The molecule has 0 radical (unpaired) electrons. The lowest BCUT2D eigenvalue weighted by molar-refractivity contribution is -0.132. The van der Waals surface area contributed by atoms with Crippen LogP contribution in [0.15, 0.2) is 53.9 Å². The number of anilines is 2. The first-order valence-electron chi connectivity index (χ1n) is 12.2. The number of rotatable bonds is 8. The molecule has 1 unspecified atom stereocenters. The molecule has 0 bridgehead atoms. The average molecular weight is 552 g/mol. The van der Waals surface area contributed by atoms with Gasteiger partial charge in [0.05, 0.1) is 30.5 Å². The predicted octanol–water partition coefficient (Wildman–Crippen LogP) is 3.85. The first kappa shape index (κ1) is 26.0. The maximum absolute atomic E-state index is 12.9. The van der Waals surface area contributed by atoms with E-state index in [9.17, 15) is 9.59 Å². The Morgan fingerprint density at radius 1 is 1.05 bits per heavy atom.